The molecule has 0 bridgehead atoms. The molecule has 2 rings (SSSR count). The van der Waals surface area contributed by atoms with Crippen molar-refractivity contribution in [1.82, 2.24) is 10.3 Å². The lowest BCUT2D eigenvalue weighted by molar-refractivity contribution is 0.493. The van der Waals surface area contributed by atoms with Crippen LogP contribution in [0.1, 0.15) is 48.3 Å². The number of benzene rings is 1. The molecule has 2 atom stereocenters. The van der Waals surface area contributed by atoms with E-state index in [4.69, 9.17) is 0 Å². The fraction of sp³-hybridized carbons (Fsp3) is 0.400. The van der Waals surface area contributed by atoms with Gasteiger partial charge in [-0.1, -0.05) is 35.0 Å². The van der Waals surface area contributed by atoms with Crippen LogP contribution >= 0.6 is 27.3 Å². The molecule has 0 aliphatic carbocycles. The van der Waals surface area contributed by atoms with E-state index in [9.17, 15) is 0 Å². The van der Waals surface area contributed by atoms with Gasteiger partial charge in [-0.2, -0.15) is 0 Å². The van der Waals surface area contributed by atoms with Crippen LogP contribution in [0.4, 0.5) is 0 Å². The molecule has 0 amide bonds. The van der Waals surface area contributed by atoms with E-state index < -0.39 is 0 Å². The Morgan fingerprint density at radius 3 is 2.47 bits per heavy atom. The summed E-state index contributed by atoms with van der Waals surface area (Å²) in [5, 5.41) is 4.77. The number of rotatable bonds is 5. The first-order valence-corrected chi connectivity index (χ1v) is 8.17. The van der Waals surface area contributed by atoms with Gasteiger partial charge in [0.15, 0.2) is 0 Å². The number of aromatic nitrogens is 1. The molecular weight excluding hydrogens is 320 g/mol. The van der Waals surface area contributed by atoms with Gasteiger partial charge < -0.3 is 5.32 Å². The van der Waals surface area contributed by atoms with E-state index in [2.05, 4.69) is 71.3 Å². The molecule has 0 saturated heterocycles. The summed E-state index contributed by atoms with van der Waals surface area (Å²) in [6.07, 6.45) is 3.05. The van der Waals surface area contributed by atoms with Gasteiger partial charge in [-0.25, -0.2) is 4.98 Å². The molecule has 0 saturated carbocycles. The minimum atomic E-state index is 0.281. The predicted octanol–water partition coefficient (Wildman–Crippen LogP) is 4.88. The van der Waals surface area contributed by atoms with Crippen LogP contribution in [0, 0.1) is 0 Å². The summed E-state index contributed by atoms with van der Waals surface area (Å²) in [6, 6.07) is 9.05. The summed E-state index contributed by atoms with van der Waals surface area (Å²) in [5.41, 5.74) is 1.29. The highest BCUT2D eigenvalue weighted by Crippen LogP contribution is 2.24. The first kappa shape index (κ1) is 14.7. The van der Waals surface area contributed by atoms with E-state index in [0.29, 0.717) is 6.04 Å². The van der Waals surface area contributed by atoms with Crippen molar-refractivity contribution >= 4 is 27.3 Å². The smallest absolute Gasteiger partial charge is 0.109 e. The number of hydrogen-bond acceptors (Lipinski definition) is 3. The van der Waals surface area contributed by atoms with Gasteiger partial charge in [0.25, 0.3) is 0 Å². The zero-order valence-corrected chi connectivity index (χ0v) is 13.9. The summed E-state index contributed by atoms with van der Waals surface area (Å²) < 4.78 is 1.11. The van der Waals surface area contributed by atoms with Crippen LogP contribution in [0.25, 0.3) is 0 Å². The van der Waals surface area contributed by atoms with Gasteiger partial charge in [-0.3, -0.25) is 0 Å². The molecule has 102 valence electrons. The summed E-state index contributed by atoms with van der Waals surface area (Å²) >= 11 is 5.26. The van der Waals surface area contributed by atoms with Crippen molar-refractivity contribution in [2.24, 2.45) is 0 Å². The molecule has 0 spiro atoms. The maximum absolute atomic E-state index is 4.50. The second-order valence-corrected chi connectivity index (χ2v) is 6.74. The van der Waals surface area contributed by atoms with Crippen LogP contribution in [-0.2, 0) is 6.42 Å². The van der Waals surface area contributed by atoms with Crippen LogP contribution in [-0.4, -0.2) is 4.98 Å². The van der Waals surface area contributed by atoms with Crippen LogP contribution < -0.4 is 5.32 Å². The number of aryl methyl sites for hydroxylation is 1. The first-order valence-electron chi connectivity index (χ1n) is 6.56. The van der Waals surface area contributed by atoms with Crippen molar-refractivity contribution in [3.63, 3.8) is 0 Å². The fourth-order valence-corrected chi connectivity index (χ4v) is 3.11. The van der Waals surface area contributed by atoms with Gasteiger partial charge >= 0.3 is 0 Å². The zero-order valence-electron chi connectivity index (χ0n) is 11.5. The van der Waals surface area contributed by atoms with Crippen molar-refractivity contribution in [3.8, 4) is 0 Å². The van der Waals surface area contributed by atoms with Crippen LogP contribution in [0.2, 0.25) is 0 Å². The Morgan fingerprint density at radius 2 is 1.89 bits per heavy atom. The van der Waals surface area contributed by atoms with Crippen LogP contribution in [0.15, 0.2) is 34.9 Å². The number of thiazole rings is 1. The lowest BCUT2D eigenvalue weighted by atomic mass is 10.1. The molecule has 1 N–H and O–H groups in total. The Bertz CT molecular complexity index is 521. The van der Waals surface area contributed by atoms with Crippen LogP contribution in [0.3, 0.4) is 0 Å². The Morgan fingerprint density at radius 1 is 1.21 bits per heavy atom. The molecule has 0 radical (unpaired) electrons. The Hall–Kier alpha value is -0.710. The standard InChI is InChI=1S/C15H19BrN2S/c1-4-14-9-17-15(19-14)11(3)18-10(2)12-5-7-13(16)8-6-12/h5-11,18H,4H2,1-3H3. The third-order valence-electron chi connectivity index (χ3n) is 3.16. The second-order valence-electron chi connectivity index (χ2n) is 4.68. The van der Waals surface area contributed by atoms with E-state index in [0.717, 1.165) is 10.9 Å². The van der Waals surface area contributed by atoms with Crippen molar-refractivity contribution in [2.75, 3.05) is 0 Å². The predicted molar refractivity (Wildman–Crippen MR) is 85.6 cm³/mol. The Balaban J connectivity index is 2.01. The van der Waals surface area contributed by atoms with Crippen molar-refractivity contribution in [1.29, 1.82) is 0 Å². The summed E-state index contributed by atoms with van der Waals surface area (Å²) in [4.78, 5) is 5.84. The Labute approximate surface area is 127 Å². The van der Waals surface area contributed by atoms with Gasteiger partial charge in [0, 0.05) is 21.6 Å². The monoisotopic (exact) mass is 338 g/mol. The fourth-order valence-electron chi connectivity index (χ4n) is 1.98. The highest BCUT2D eigenvalue weighted by atomic mass is 79.9. The molecule has 0 fully saturated rings. The molecule has 2 nitrogen and oxygen atoms in total. The largest absolute Gasteiger partial charge is 0.302 e. The maximum atomic E-state index is 4.50. The molecule has 1 aromatic heterocycles. The summed E-state index contributed by atoms with van der Waals surface area (Å²) in [7, 11) is 0. The molecule has 1 aromatic carbocycles. The second kappa shape index (κ2) is 6.64. The van der Waals surface area contributed by atoms with Gasteiger partial charge in [0.05, 0.1) is 6.04 Å². The lowest BCUT2D eigenvalue weighted by Gasteiger charge is -2.18. The van der Waals surface area contributed by atoms with Gasteiger partial charge in [0.1, 0.15) is 5.01 Å². The molecule has 0 aliphatic rings. The average molecular weight is 339 g/mol. The highest BCUT2D eigenvalue weighted by molar-refractivity contribution is 9.10. The van der Waals surface area contributed by atoms with Gasteiger partial charge in [-0.15, -0.1) is 11.3 Å². The summed E-state index contributed by atoms with van der Waals surface area (Å²) in [6.45, 7) is 6.53. The van der Waals surface area contributed by atoms with E-state index in [1.165, 1.54) is 15.4 Å². The van der Waals surface area contributed by atoms with E-state index >= 15 is 0 Å². The van der Waals surface area contributed by atoms with Gasteiger partial charge in [0.2, 0.25) is 0 Å². The zero-order chi connectivity index (χ0) is 13.8. The lowest BCUT2D eigenvalue weighted by Crippen LogP contribution is -2.22. The first-order chi connectivity index (χ1) is 9.10. The normalized spacial score (nSPS) is 14.3. The molecule has 0 aliphatic heterocycles. The molecule has 1 heterocycles. The number of hydrogen-bond donors (Lipinski definition) is 1. The van der Waals surface area contributed by atoms with E-state index in [1.54, 1.807) is 11.3 Å². The maximum Gasteiger partial charge on any atom is 0.109 e. The molecule has 2 aromatic rings. The third kappa shape index (κ3) is 3.88. The van der Waals surface area contributed by atoms with Crippen molar-refractivity contribution in [3.05, 3.63) is 50.4 Å². The highest BCUT2D eigenvalue weighted by Gasteiger charge is 2.14. The number of nitrogens with one attached hydrogen (secondary N) is 1. The van der Waals surface area contributed by atoms with E-state index in [-0.39, 0.29) is 6.04 Å². The van der Waals surface area contributed by atoms with Crippen LogP contribution in [0.5, 0.6) is 0 Å². The average Bonchev–Trinajstić information content (AvgIpc) is 2.88. The number of nitrogens with zero attached hydrogens (tertiary/aromatic N) is 1. The van der Waals surface area contributed by atoms with E-state index in [1.807, 2.05) is 6.20 Å². The Kier molecular flexibility index (Phi) is 5.13. The summed E-state index contributed by atoms with van der Waals surface area (Å²) in [5.74, 6) is 0. The molecule has 2 unspecified atom stereocenters. The molecule has 19 heavy (non-hydrogen) atoms. The number of halogens is 1. The van der Waals surface area contributed by atoms with Gasteiger partial charge in [-0.05, 0) is 38.0 Å². The SMILES string of the molecule is CCc1cnc(C(C)NC(C)c2ccc(Br)cc2)s1. The third-order valence-corrected chi connectivity index (χ3v) is 5.01. The molecular formula is C15H19BrN2S. The topological polar surface area (TPSA) is 24.9 Å². The molecule has 4 heteroatoms. The minimum absolute atomic E-state index is 0.281. The van der Waals surface area contributed by atoms with Crippen molar-refractivity contribution in [2.45, 2.75) is 39.3 Å². The quantitative estimate of drug-likeness (QED) is 0.840. The van der Waals surface area contributed by atoms with Crippen molar-refractivity contribution < 1.29 is 0 Å². The minimum Gasteiger partial charge on any atom is -0.302 e.